The molecular weight excluding hydrogens is 360 g/mol. The molecule has 28 heavy (non-hydrogen) atoms. The Morgan fingerprint density at radius 1 is 1.00 bits per heavy atom. The van der Waals surface area contributed by atoms with Gasteiger partial charge in [-0.25, -0.2) is 13.8 Å². The van der Waals surface area contributed by atoms with Gasteiger partial charge in [-0.2, -0.15) is 0 Å². The monoisotopic (exact) mass is 379 g/mol. The number of pyridine rings is 1. The van der Waals surface area contributed by atoms with Crippen LogP contribution >= 0.6 is 0 Å². The van der Waals surface area contributed by atoms with Crippen LogP contribution < -0.4 is 10.6 Å². The highest BCUT2D eigenvalue weighted by atomic mass is 19.2. The van der Waals surface area contributed by atoms with E-state index in [2.05, 4.69) is 25.6 Å². The van der Waals surface area contributed by atoms with E-state index in [4.69, 9.17) is 0 Å². The summed E-state index contributed by atoms with van der Waals surface area (Å²) in [5, 5.41) is 7.44. The van der Waals surface area contributed by atoms with Gasteiger partial charge in [0, 0.05) is 23.7 Å². The van der Waals surface area contributed by atoms with E-state index in [9.17, 15) is 8.78 Å². The molecule has 0 atom stereocenters. The molecule has 3 heterocycles. The molecule has 0 unspecified atom stereocenters. The molecule has 0 bridgehead atoms. The number of rotatable bonds is 3. The van der Waals surface area contributed by atoms with Crippen LogP contribution in [0.5, 0.6) is 0 Å². The van der Waals surface area contributed by atoms with Gasteiger partial charge in [-0.3, -0.25) is 4.98 Å². The zero-order chi connectivity index (χ0) is 19.1. The van der Waals surface area contributed by atoms with Crippen molar-refractivity contribution in [1.29, 1.82) is 0 Å². The molecule has 4 aromatic rings. The minimum absolute atomic E-state index is 0.239. The van der Waals surface area contributed by atoms with Crippen LogP contribution in [0.2, 0.25) is 0 Å². The van der Waals surface area contributed by atoms with Gasteiger partial charge in [-0.05, 0) is 44.1 Å². The number of aromatic nitrogens is 3. The van der Waals surface area contributed by atoms with Gasteiger partial charge < -0.3 is 15.6 Å². The fourth-order valence-corrected chi connectivity index (χ4v) is 3.77. The summed E-state index contributed by atoms with van der Waals surface area (Å²) in [5.74, 6) is -1.13. The van der Waals surface area contributed by atoms with Gasteiger partial charge in [0.15, 0.2) is 11.6 Å². The van der Waals surface area contributed by atoms with E-state index >= 15 is 0 Å². The topological polar surface area (TPSA) is 65.6 Å². The summed E-state index contributed by atoms with van der Waals surface area (Å²) >= 11 is 0. The van der Waals surface area contributed by atoms with E-state index in [0.29, 0.717) is 16.7 Å². The molecule has 1 aliphatic heterocycles. The number of aromatic amines is 1. The predicted molar refractivity (Wildman–Crippen MR) is 106 cm³/mol. The predicted octanol–water partition coefficient (Wildman–Crippen LogP) is 4.22. The number of piperidine rings is 1. The number of anilines is 1. The molecule has 2 aromatic carbocycles. The van der Waals surface area contributed by atoms with Crippen LogP contribution in [-0.4, -0.2) is 34.1 Å². The Kier molecular flexibility index (Phi) is 4.16. The first-order valence-corrected chi connectivity index (χ1v) is 9.39. The first-order chi connectivity index (χ1) is 13.7. The van der Waals surface area contributed by atoms with E-state index < -0.39 is 11.6 Å². The van der Waals surface area contributed by atoms with Crippen LogP contribution in [0.25, 0.3) is 33.3 Å². The Morgan fingerprint density at radius 3 is 2.61 bits per heavy atom. The third kappa shape index (κ3) is 2.97. The Hall–Kier alpha value is -3.06. The maximum atomic E-state index is 14.0. The number of imidazole rings is 1. The average Bonchev–Trinajstić information content (AvgIpc) is 3.14. The van der Waals surface area contributed by atoms with Crippen LogP contribution in [0.3, 0.4) is 0 Å². The molecule has 1 aliphatic rings. The normalized spacial score (nSPS) is 15.4. The van der Waals surface area contributed by atoms with Crippen LogP contribution in [0.4, 0.5) is 14.5 Å². The molecule has 0 radical (unpaired) electrons. The first-order valence-electron chi connectivity index (χ1n) is 9.39. The van der Waals surface area contributed by atoms with E-state index in [1.54, 1.807) is 6.20 Å². The molecule has 5 nitrogen and oxygen atoms in total. The second-order valence-corrected chi connectivity index (χ2v) is 7.10. The van der Waals surface area contributed by atoms with Crippen molar-refractivity contribution in [3.8, 4) is 11.4 Å². The minimum Gasteiger partial charge on any atom is -0.381 e. The Morgan fingerprint density at radius 2 is 1.79 bits per heavy atom. The molecule has 142 valence electrons. The molecule has 0 spiro atoms. The Labute approximate surface area is 160 Å². The maximum Gasteiger partial charge on any atom is 0.161 e. The molecule has 7 heteroatoms. The van der Waals surface area contributed by atoms with E-state index in [1.807, 2.05) is 24.3 Å². The smallest absolute Gasteiger partial charge is 0.161 e. The zero-order valence-electron chi connectivity index (χ0n) is 15.1. The summed E-state index contributed by atoms with van der Waals surface area (Å²) in [7, 11) is 0. The number of benzene rings is 2. The third-order valence-corrected chi connectivity index (χ3v) is 5.24. The van der Waals surface area contributed by atoms with Gasteiger partial charge in [0.05, 0.1) is 27.8 Å². The number of para-hydroxylation sites is 2. The lowest BCUT2D eigenvalue weighted by atomic mass is 10.0. The van der Waals surface area contributed by atoms with Crippen molar-refractivity contribution in [3.63, 3.8) is 0 Å². The first kappa shape index (κ1) is 17.1. The summed E-state index contributed by atoms with van der Waals surface area (Å²) in [6.07, 6.45) is 3.57. The lowest BCUT2D eigenvalue weighted by Crippen LogP contribution is -2.35. The number of fused-ring (bicyclic) bond motifs is 2. The average molecular weight is 379 g/mol. The molecule has 0 saturated carbocycles. The third-order valence-electron chi connectivity index (χ3n) is 5.24. The number of nitrogens with zero attached hydrogens (tertiary/aromatic N) is 2. The van der Waals surface area contributed by atoms with Crippen molar-refractivity contribution in [2.24, 2.45) is 0 Å². The fourth-order valence-electron chi connectivity index (χ4n) is 3.77. The second-order valence-electron chi connectivity index (χ2n) is 7.10. The number of H-pyrrole nitrogens is 1. The molecule has 3 N–H and O–H groups in total. The van der Waals surface area contributed by atoms with Crippen LogP contribution in [0.15, 0.2) is 42.6 Å². The molecule has 5 rings (SSSR count). The fraction of sp³-hybridized carbons (Fsp3) is 0.238. The van der Waals surface area contributed by atoms with Gasteiger partial charge in [-0.1, -0.05) is 12.1 Å². The van der Waals surface area contributed by atoms with Gasteiger partial charge in [0.25, 0.3) is 0 Å². The molecule has 1 saturated heterocycles. The molecule has 0 aliphatic carbocycles. The largest absolute Gasteiger partial charge is 0.381 e. The van der Waals surface area contributed by atoms with Crippen molar-refractivity contribution < 1.29 is 8.78 Å². The Balaban J connectivity index is 1.70. The molecule has 1 fully saturated rings. The van der Waals surface area contributed by atoms with Gasteiger partial charge >= 0.3 is 0 Å². The van der Waals surface area contributed by atoms with Crippen molar-refractivity contribution in [1.82, 2.24) is 20.3 Å². The van der Waals surface area contributed by atoms with Gasteiger partial charge in [-0.15, -0.1) is 0 Å². The van der Waals surface area contributed by atoms with Crippen LogP contribution in [-0.2, 0) is 0 Å². The van der Waals surface area contributed by atoms with Gasteiger partial charge in [0.2, 0.25) is 0 Å². The lowest BCUT2D eigenvalue weighted by Gasteiger charge is -2.26. The van der Waals surface area contributed by atoms with E-state index in [0.717, 1.165) is 54.3 Å². The van der Waals surface area contributed by atoms with E-state index in [1.165, 1.54) is 6.07 Å². The number of halogens is 2. The molecular formula is C21H19F2N5. The molecule has 2 aromatic heterocycles. The summed E-state index contributed by atoms with van der Waals surface area (Å²) in [5.41, 5.74) is 3.64. The summed E-state index contributed by atoms with van der Waals surface area (Å²) in [6, 6.07) is 10.3. The zero-order valence-corrected chi connectivity index (χ0v) is 15.1. The standard InChI is InChI=1S/C21H19F2N5/c22-15-9-13-19(10-16(15)23)25-11-14(20(13)26-12-5-7-24-8-6-12)21-27-17-3-1-2-4-18(17)28-21/h1-4,9-12,24H,5-8H2,(H,25,26)(H,27,28). The van der Waals surface area contributed by atoms with Crippen LogP contribution in [0, 0.1) is 11.6 Å². The highest BCUT2D eigenvalue weighted by Crippen LogP contribution is 2.35. The Bertz CT molecular complexity index is 1130. The second kappa shape index (κ2) is 6.83. The summed E-state index contributed by atoms with van der Waals surface area (Å²) in [4.78, 5) is 12.3. The van der Waals surface area contributed by atoms with Crippen molar-refractivity contribution >= 4 is 27.6 Å². The lowest BCUT2D eigenvalue weighted by molar-refractivity contribution is 0.479. The SMILES string of the molecule is Fc1cc2ncc(-c3nc4ccccc4[nH]3)c(NC3CCNCC3)c2cc1F. The van der Waals surface area contributed by atoms with Crippen LogP contribution in [0.1, 0.15) is 12.8 Å². The molecule has 0 amide bonds. The highest BCUT2D eigenvalue weighted by molar-refractivity contribution is 5.99. The summed E-state index contributed by atoms with van der Waals surface area (Å²) in [6.45, 7) is 1.84. The van der Waals surface area contributed by atoms with Crippen molar-refractivity contribution in [2.75, 3.05) is 18.4 Å². The summed E-state index contributed by atoms with van der Waals surface area (Å²) < 4.78 is 27.8. The van der Waals surface area contributed by atoms with Crippen molar-refractivity contribution in [2.45, 2.75) is 18.9 Å². The van der Waals surface area contributed by atoms with E-state index in [-0.39, 0.29) is 6.04 Å². The quantitative estimate of drug-likeness (QED) is 0.499. The number of nitrogens with one attached hydrogen (secondary N) is 3. The highest BCUT2D eigenvalue weighted by Gasteiger charge is 2.20. The van der Waals surface area contributed by atoms with Crippen molar-refractivity contribution in [3.05, 3.63) is 54.2 Å². The maximum absolute atomic E-state index is 14.0. The minimum atomic E-state index is -0.899. The number of hydrogen-bond acceptors (Lipinski definition) is 4. The number of hydrogen-bond donors (Lipinski definition) is 3. The van der Waals surface area contributed by atoms with Gasteiger partial charge in [0.1, 0.15) is 5.82 Å².